The molecule has 0 saturated heterocycles. The Morgan fingerprint density at radius 2 is 2.00 bits per heavy atom. The second kappa shape index (κ2) is 5.08. The van der Waals surface area contributed by atoms with Crippen molar-refractivity contribution in [2.75, 3.05) is 0 Å². The van der Waals surface area contributed by atoms with Crippen molar-refractivity contribution in [3.63, 3.8) is 0 Å². The molecule has 72 valence electrons. The summed E-state index contributed by atoms with van der Waals surface area (Å²) in [6.07, 6.45) is 1.23. The van der Waals surface area contributed by atoms with Crippen LogP contribution in [0.25, 0.3) is 0 Å². The highest BCUT2D eigenvalue weighted by Crippen LogP contribution is 1.96. The quantitative estimate of drug-likeness (QED) is 0.472. The van der Waals surface area contributed by atoms with Gasteiger partial charge in [0.05, 0.1) is 6.42 Å². The lowest BCUT2D eigenvalue weighted by molar-refractivity contribution is -0.135. The van der Waals surface area contributed by atoms with Crippen molar-refractivity contribution in [1.29, 1.82) is 10.8 Å². The third kappa shape index (κ3) is 6.74. The first-order chi connectivity index (χ1) is 5.91. The average molecular weight is 183 g/mol. The van der Waals surface area contributed by atoms with E-state index in [2.05, 4.69) is 0 Å². The van der Waals surface area contributed by atoms with Crippen molar-refractivity contribution in [2.45, 2.75) is 19.8 Å². The maximum Gasteiger partial charge on any atom is 0.309 e. The minimum atomic E-state index is -1.05. The predicted molar refractivity (Wildman–Crippen MR) is 50.3 cm³/mol. The van der Waals surface area contributed by atoms with Gasteiger partial charge in [-0.05, 0) is 13.0 Å². The van der Waals surface area contributed by atoms with E-state index in [0.717, 1.165) is 0 Å². The lowest BCUT2D eigenvalue weighted by atomic mass is 10.1. The zero-order valence-corrected chi connectivity index (χ0v) is 7.42. The third-order valence-electron chi connectivity index (χ3n) is 1.17. The molecule has 0 atom stereocenters. The summed E-state index contributed by atoms with van der Waals surface area (Å²) >= 11 is 0. The van der Waals surface area contributed by atoms with Gasteiger partial charge in [0.25, 0.3) is 0 Å². The second-order valence-electron chi connectivity index (χ2n) is 2.77. The predicted octanol–water partition coefficient (Wildman–Crippen LogP) is 0.753. The van der Waals surface area contributed by atoms with Crippen LogP contribution in [0.15, 0.2) is 11.8 Å². The number of carboxylic acids is 1. The zero-order chi connectivity index (χ0) is 10.4. The Morgan fingerprint density at radius 3 is 2.38 bits per heavy atom. The van der Waals surface area contributed by atoms with E-state index in [0.29, 0.717) is 11.4 Å². The number of nitrogens with two attached hydrogens (primary N) is 1. The minimum Gasteiger partial charge on any atom is -0.481 e. The maximum absolute atomic E-state index is 10.2. The molecule has 0 aromatic rings. The Kier molecular flexibility index (Phi) is 4.43. The summed E-state index contributed by atoms with van der Waals surface area (Å²) in [5.74, 6) is -1.05. The van der Waals surface area contributed by atoms with Crippen molar-refractivity contribution in [3.8, 4) is 0 Å². The van der Waals surface area contributed by atoms with Gasteiger partial charge in [-0.15, -0.1) is 0 Å². The Labute approximate surface area is 76.3 Å². The molecule has 5 nitrogen and oxygen atoms in total. The smallest absolute Gasteiger partial charge is 0.309 e. The van der Waals surface area contributed by atoms with Crippen molar-refractivity contribution in [1.82, 2.24) is 0 Å². The lowest BCUT2D eigenvalue weighted by Gasteiger charge is -1.99. The van der Waals surface area contributed by atoms with E-state index >= 15 is 0 Å². The molecule has 0 amide bonds. The number of hydrogen-bond acceptors (Lipinski definition) is 4. The van der Waals surface area contributed by atoms with Crippen molar-refractivity contribution in [2.24, 2.45) is 5.73 Å². The summed E-state index contributed by atoms with van der Waals surface area (Å²) in [6, 6.07) is 0. The molecule has 0 aromatic carbocycles. The zero-order valence-electron chi connectivity index (χ0n) is 7.42. The second-order valence-corrected chi connectivity index (χ2v) is 2.77. The number of allylic oxidation sites excluding steroid dienone is 2. The van der Waals surface area contributed by atoms with Crippen LogP contribution in [0.1, 0.15) is 19.8 Å². The molecule has 0 aliphatic rings. The summed E-state index contributed by atoms with van der Waals surface area (Å²) in [4.78, 5) is 10.2. The first kappa shape index (κ1) is 11.4. The average Bonchev–Trinajstić information content (AvgIpc) is 1.80. The van der Waals surface area contributed by atoms with Crippen molar-refractivity contribution < 1.29 is 9.90 Å². The van der Waals surface area contributed by atoms with E-state index in [4.69, 9.17) is 21.7 Å². The highest BCUT2D eigenvalue weighted by Gasteiger charge is 2.01. The van der Waals surface area contributed by atoms with E-state index in [1.54, 1.807) is 6.92 Å². The number of hydrogen-bond donors (Lipinski definition) is 4. The van der Waals surface area contributed by atoms with Gasteiger partial charge in [-0.25, -0.2) is 0 Å². The summed E-state index contributed by atoms with van der Waals surface area (Å²) in [7, 11) is 0. The van der Waals surface area contributed by atoms with E-state index < -0.39 is 5.97 Å². The van der Waals surface area contributed by atoms with Gasteiger partial charge in [0.1, 0.15) is 0 Å². The molecule has 0 heterocycles. The fourth-order valence-corrected chi connectivity index (χ4v) is 0.795. The highest BCUT2D eigenvalue weighted by molar-refractivity contribution is 6.03. The van der Waals surface area contributed by atoms with E-state index in [9.17, 15) is 4.79 Å². The third-order valence-corrected chi connectivity index (χ3v) is 1.17. The van der Waals surface area contributed by atoms with Crippen LogP contribution in [0, 0.1) is 10.8 Å². The minimum absolute atomic E-state index is 0.0498. The maximum atomic E-state index is 10.2. The molecule has 0 spiro atoms. The van der Waals surface area contributed by atoms with Crippen LogP contribution in [-0.2, 0) is 4.79 Å². The Balaban J connectivity index is 4.14. The van der Waals surface area contributed by atoms with Crippen LogP contribution >= 0.6 is 0 Å². The SMILES string of the molecule is CC(=N)C/C(N)=C/C(=N)CC(=O)O. The highest BCUT2D eigenvalue weighted by atomic mass is 16.4. The van der Waals surface area contributed by atoms with Crippen LogP contribution in [0.5, 0.6) is 0 Å². The van der Waals surface area contributed by atoms with Gasteiger partial charge >= 0.3 is 5.97 Å². The topological polar surface area (TPSA) is 111 Å². The molecular weight excluding hydrogens is 170 g/mol. The Hall–Kier alpha value is -1.65. The van der Waals surface area contributed by atoms with Crippen LogP contribution in [0.2, 0.25) is 0 Å². The number of nitrogens with one attached hydrogen (secondary N) is 2. The molecule has 0 aliphatic carbocycles. The Bertz CT molecular complexity index is 269. The van der Waals surface area contributed by atoms with Crippen LogP contribution in [-0.4, -0.2) is 22.5 Å². The van der Waals surface area contributed by atoms with Gasteiger partial charge in [0, 0.05) is 23.5 Å². The summed E-state index contributed by atoms with van der Waals surface area (Å²) in [6.45, 7) is 1.60. The molecule has 5 N–H and O–H groups in total. The molecule has 5 heteroatoms. The van der Waals surface area contributed by atoms with Gasteiger partial charge in [0.15, 0.2) is 0 Å². The first-order valence-electron chi connectivity index (χ1n) is 3.71. The van der Waals surface area contributed by atoms with Crippen LogP contribution in [0.4, 0.5) is 0 Å². The standard InChI is InChI=1S/C8H13N3O2/c1-5(9)2-6(10)3-7(11)4-8(12)13/h3,9,11H,2,4,10H2,1H3,(H,12,13)/b6-3-,9-5?,11-7?. The first-order valence-corrected chi connectivity index (χ1v) is 3.71. The summed E-state index contributed by atoms with van der Waals surface area (Å²) in [5, 5.41) is 22.6. The molecule has 0 aromatic heterocycles. The fourth-order valence-electron chi connectivity index (χ4n) is 0.795. The molecular formula is C8H13N3O2. The number of carbonyl (C=O) groups is 1. The number of carboxylic acid groups (broad SMARTS) is 1. The van der Waals surface area contributed by atoms with E-state index in [1.165, 1.54) is 6.08 Å². The molecule has 0 unspecified atom stereocenters. The summed E-state index contributed by atoms with van der Waals surface area (Å²) < 4.78 is 0. The Morgan fingerprint density at radius 1 is 1.46 bits per heavy atom. The molecule has 0 fully saturated rings. The van der Waals surface area contributed by atoms with Gasteiger partial charge in [-0.1, -0.05) is 0 Å². The van der Waals surface area contributed by atoms with E-state index in [1.807, 2.05) is 0 Å². The van der Waals surface area contributed by atoms with Crippen LogP contribution < -0.4 is 5.73 Å². The van der Waals surface area contributed by atoms with Gasteiger partial charge in [-0.3, -0.25) is 4.79 Å². The lowest BCUT2D eigenvalue weighted by Crippen LogP contribution is -2.08. The van der Waals surface area contributed by atoms with Crippen molar-refractivity contribution >= 4 is 17.4 Å². The summed E-state index contributed by atoms with van der Waals surface area (Å²) in [5.41, 5.74) is 6.12. The fraction of sp³-hybridized carbons (Fsp3) is 0.375. The molecule has 0 rings (SSSR count). The molecule has 0 aliphatic heterocycles. The molecule has 0 radical (unpaired) electrons. The monoisotopic (exact) mass is 183 g/mol. The van der Waals surface area contributed by atoms with Gasteiger partial charge < -0.3 is 21.7 Å². The number of rotatable bonds is 5. The van der Waals surface area contributed by atoms with Crippen molar-refractivity contribution in [3.05, 3.63) is 11.8 Å². The molecule has 13 heavy (non-hydrogen) atoms. The largest absolute Gasteiger partial charge is 0.481 e. The normalized spacial score (nSPS) is 11.0. The molecule has 0 bridgehead atoms. The molecule has 0 saturated carbocycles. The number of aliphatic carboxylic acids is 1. The van der Waals surface area contributed by atoms with Crippen LogP contribution in [0.3, 0.4) is 0 Å². The van der Waals surface area contributed by atoms with Gasteiger partial charge in [-0.2, -0.15) is 0 Å². The van der Waals surface area contributed by atoms with Gasteiger partial charge in [0.2, 0.25) is 0 Å². The van der Waals surface area contributed by atoms with E-state index in [-0.39, 0.29) is 18.6 Å².